The van der Waals surface area contributed by atoms with Crippen molar-refractivity contribution < 1.29 is 9.72 Å². The highest BCUT2D eigenvalue weighted by atomic mass is 16.6. The van der Waals surface area contributed by atoms with Crippen molar-refractivity contribution in [3.8, 4) is 11.1 Å². The van der Waals surface area contributed by atoms with Gasteiger partial charge in [-0.25, -0.2) is 4.98 Å². The summed E-state index contributed by atoms with van der Waals surface area (Å²) in [7, 11) is 1.63. The van der Waals surface area contributed by atoms with E-state index in [1.807, 2.05) is 49.4 Å². The average molecular weight is 512 g/mol. The molecule has 0 fully saturated rings. The highest BCUT2D eigenvalue weighted by molar-refractivity contribution is 6.05. The molecule has 38 heavy (non-hydrogen) atoms. The third kappa shape index (κ3) is 5.62. The Morgan fingerprint density at radius 2 is 1.74 bits per heavy atom. The first-order chi connectivity index (χ1) is 17.9. The predicted octanol–water partition coefficient (Wildman–Crippen LogP) is 5.96. The van der Waals surface area contributed by atoms with Gasteiger partial charge in [0.15, 0.2) is 0 Å². The molecule has 1 amide bonds. The SMILES string of the molecule is Cc1c(NC(=O)c2ccc(C(C)(C)C)cc2)cccc1-c1cc(Nc2cc([N+](=O)[O-])ccn2)c(=O)n(C)c1. The number of nitrogens with one attached hydrogen (secondary N) is 2. The molecule has 4 rings (SSSR count). The van der Waals surface area contributed by atoms with Gasteiger partial charge in [0.25, 0.3) is 17.2 Å². The van der Waals surface area contributed by atoms with Gasteiger partial charge in [-0.3, -0.25) is 19.7 Å². The van der Waals surface area contributed by atoms with Crippen LogP contribution in [0.2, 0.25) is 0 Å². The zero-order chi connectivity index (χ0) is 27.6. The zero-order valence-electron chi connectivity index (χ0n) is 21.9. The maximum Gasteiger partial charge on any atom is 0.274 e. The Labute approximate surface area is 220 Å². The number of carbonyl (C=O) groups is 1. The quantitative estimate of drug-likeness (QED) is 0.244. The molecule has 4 aromatic rings. The van der Waals surface area contributed by atoms with Gasteiger partial charge < -0.3 is 15.2 Å². The second-order valence-electron chi connectivity index (χ2n) is 10.1. The summed E-state index contributed by atoms with van der Waals surface area (Å²) in [5.74, 6) is -0.0334. The number of hydrogen-bond acceptors (Lipinski definition) is 6. The Morgan fingerprint density at radius 1 is 1.03 bits per heavy atom. The molecule has 0 spiro atoms. The first kappa shape index (κ1) is 26.3. The molecule has 0 aliphatic rings. The van der Waals surface area contributed by atoms with Crippen molar-refractivity contribution in [1.82, 2.24) is 9.55 Å². The normalized spacial score (nSPS) is 11.2. The summed E-state index contributed by atoms with van der Waals surface area (Å²) in [6.07, 6.45) is 3.01. The largest absolute Gasteiger partial charge is 0.336 e. The van der Waals surface area contributed by atoms with Crippen LogP contribution in [-0.4, -0.2) is 20.4 Å². The minimum absolute atomic E-state index is 0.00525. The second-order valence-corrected chi connectivity index (χ2v) is 10.1. The fourth-order valence-electron chi connectivity index (χ4n) is 4.09. The number of nitrogens with zero attached hydrogens (tertiary/aromatic N) is 3. The monoisotopic (exact) mass is 511 g/mol. The molecule has 0 unspecified atom stereocenters. The van der Waals surface area contributed by atoms with E-state index in [9.17, 15) is 19.7 Å². The molecule has 0 bridgehead atoms. The molecule has 194 valence electrons. The van der Waals surface area contributed by atoms with Crippen LogP contribution in [0.15, 0.2) is 77.9 Å². The number of aromatic nitrogens is 2. The summed E-state index contributed by atoms with van der Waals surface area (Å²) in [5.41, 5.74) is 4.47. The Kier molecular flexibility index (Phi) is 7.12. The Morgan fingerprint density at radius 3 is 2.39 bits per heavy atom. The molecule has 0 radical (unpaired) electrons. The van der Waals surface area contributed by atoms with E-state index in [-0.39, 0.29) is 34.1 Å². The maximum atomic E-state index is 13.0. The fraction of sp³-hybridized carbons (Fsp3) is 0.207. The summed E-state index contributed by atoms with van der Waals surface area (Å²) in [4.78, 5) is 40.5. The third-order valence-corrected chi connectivity index (χ3v) is 6.31. The molecule has 0 saturated carbocycles. The van der Waals surface area contributed by atoms with E-state index in [1.165, 1.54) is 22.9 Å². The number of aryl methyl sites for hydroxylation is 1. The number of benzene rings is 2. The number of hydrogen-bond donors (Lipinski definition) is 2. The van der Waals surface area contributed by atoms with E-state index < -0.39 is 4.92 Å². The van der Waals surface area contributed by atoms with Gasteiger partial charge >= 0.3 is 0 Å². The molecule has 0 atom stereocenters. The van der Waals surface area contributed by atoms with Crippen molar-refractivity contribution in [1.29, 1.82) is 0 Å². The summed E-state index contributed by atoms with van der Waals surface area (Å²) in [5, 5.41) is 17.0. The van der Waals surface area contributed by atoms with Crippen LogP contribution in [-0.2, 0) is 12.5 Å². The van der Waals surface area contributed by atoms with Gasteiger partial charge in [-0.05, 0) is 53.3 Å². The molecule has 0 aliphatic heterocycles. The molecular formula is C29H29N5O4. The number of nitro groups is 1. The van der Waals surface area contributed by atoms with E-state index in [2.05, 4.69) is 36.4 Å². The summed E-state index contributed by atoms with van der Waals surface area (Å²) in [6, 6.07) is 17.4. The molecule has 9 heteroatoms. The van der Waals surface area contributed by atoms with Crippen LogP contribution < -0.4 is 16.2 Å². The lowest BCUT2D eigenvalue weighted by Crippen LogP contribution is -2.20. The van der Waals surface area contributed by atoms with Crippen LogP contribution in [0.4, 0.5) is 22.9 Å². The number of rotatable bonds is 6. The Balaban J connectivity index is 1.64. The van der Waals surface area contributed by atoms with Crippen LogP contribution in [0.3, 0.4) is 0 Å². The van der Waals surface area contributed by atoms with Crippen LogP contribution in [0.5, 0.6) is 0 Å². The van der Waals surface area contributed by atoms with Gasteiger partial charge in [-0.15, -0.1) is 0 Å². The van der Waals surface area contributed by atoms with Crippen molar-refractivity contribution in [3.63, 3.8) is 0 Å². The summed E-state index contributed by atoms with van der Waals surface area (Å²) >= 11 is 0. The van der Waals surface area contributed by atoms with Crippen molar-refractivity contribution in [2.75, 3.05) is 10.6 Å². The molecular weight excluding hydrogens is 482 g/mol. The molecule has 0 aliphatic carbocycles. The van der Waals surface area contributed by atoms with Crippen LogP contribution >= 0.6 is 0 Å². The van der Waals surface area contributed by atoms with Gasteiger partial charge in [-0.1, -0.05) is 45.0 Å². The van der Waals surface area contributed by atoms with Gasteiger partial charge in [0, 0.05) is 42.3 Å². The van der Waals surface area contributed by atoms with E-state index in [1.54, 1.807) is 19.3 Å². The first-order valence-corrected chi connectivity index (χ1v) is 12.0. The van der Waals surface area contributed by atoms with E-state index in [0.29, 0.717) is 11.3 Å². The van der Waals surface area contributed by atoms with Crippen molar-refractivity contribution in [3.05, 3.63) is 110 Å². The molecule has 0 saturated heterocycles. The van der Waals surface area contributed by atoms with Crippen LogP contribution in [0, 0.1) is 17.0 Å². The van der Waals surface area contributed by atoms with Gasteiger partial charge in [-0.2, -0.15) is 0 Å². The zero-order valence-corrected chi connectivity index (χ0v) is 21.9. The van der Waals surface area contributed by atoms with Gasteiger partial charge in [0.05, 0.1) is 11.0 Å². The van der Waals surface area contributed by atoms with Crippen LogP contribution in [0.25, 0.3) is 11.1 Å². The van der Waals surface area contributed by atoms with Crippen molar-refractivity contribution >= 4 is 28.8 Å². The summed E-state index contributed by atoms with van der Waals surface area (Å²) in [6.45, 7) is 8.26. The molecule has 2 aromatic heterocycles. The molecule has 2 heterocycles. The van der Waals surface area contributed by atoms with E-state index in [4.69, 9.17) is 0 Å². The minimum atomic E-state index is -0.524. The van der Waals surface area contributed by atoms with E-state index >= 15 is 0 Å². The standard InChI is InChI=1S/C29H29N5O4/c1-18-23(7-6-8-24(18)32-27(35)19-9-11-21(12-10-19)29(2,3)4)20-15-25(28(36)33(5)17-20)31-26-16-22(34(37)38)13-14-30-26/h6-17H,1-5H3,(H,30,31)(H,32,35). The predicted molar refractivity (Wildman–Crippen MR) is 149 cm³/mol. The fourth-order valence-corrected chi connectivity index (χ4v) is 4.09. The number of amides is 1. The number of anilines is 3. The molecule has 9 nitrogen and oxygen atoms in total. The lowest BCUT2D eigenvalue weighted by atomic mass is 9.86. The van der Waals surface area contributed by atoms with Crippen LogP contribution in [0.1, 0.15) is 42.3 Å². The maximum absolute atomic E-state index is 13.0. The molecule has 2 N–H and O–H groups in total. The number of carbonyl (C=O) groups excluding carboxylic acids is 1. The van der Waals surface area contributed by atoms with E-state index in [0.717, 1.165) is 22.3 Å². The smallest absolute Gasteiger partial charge is 0.274 e. The topological polar surface area (TPSA) is 119 Å². The van der Waals surface area contributed by atoms with Gasteiger partial charge in [0.1, 0.15) is 11.5 Å². The first-order valence-electron chi connectivity index (χ1n) is 12.0. The highest BCUT2D eigenvalue weighted by Crippen LogP contribution is 2.30. The van der Waals surface area contributed by atoms with Gasteiger partial charge in [0.2, 0.25) is 0 Å². The number of pyridine rings is 2. The minimum Gasteiger partial charge on any atom is -0.336 e. The molecule has 2 aromatic carbocycles. The highest BCUT2D eigenvalue weighted by Gasteiger charge is 2.16. The van der Waals surface area contributed by atoms with Crippen molar-refractivity contribution in [2.45, 2.75) is 33.1 Å². The lowest BCUT2D eigenvalue weighted by molar-refractivity contribution is -0.384. The van der Waals surface area contributed by atoms with Crippen molar-refractivity contribution in [2.24, 2.45) is 7.05 Å². The Bertz CT molecular complexity index is 1580. The third-order valence-electron chi connectivity index (χ3n) is 6.31. The Hall–Kier alpha value is -4.79. The summed E-state index contributed by atoms with van der Waals surface area (Å²) < 4.78 is 1.43. The lowest BCUT2D eigenvalue weighted by Gasteiger charge is -2.19. The second kappa shape index (κ2) is 10.3. The average Bonchev–Trinajstić information content (AvgIpc) is 2.87.